The van der Waals surface area contributed by atoms with Crippen molar-refractivity contribution in [1.29, 1.82) is 0 Å². The molecule has 2 aromatic rings. The average molecular weight is 308 g/mol. The predicted molar refractivity (Wildman–Crippen MR) is 80.6 cm³/mol. The number of benzene rings is 2. The maximum Gasteiger partial charge on any atom is 0.221 e. The molecule has 1 N–H and O–H groups in total. The molecule has 0 saturated heterocycles. The van der Waals surface area contributed by atoms with Crippen molar-refractivity contribution >= 4 is 40.6 Å². The normalized spacial score (nSPS) is 10.2. The van der Waals surface area contributed by atoms with Crippen molar-refractivity contribution in [3.63, 3.8) is 0 Å². The molecular formula is C15H11Cl2NO2. The van der Waals surface area contributed by atoms with Crippen LogP contribution in [-0.2, 0) is 4.79 Å². The lowest BCUT2D eigenvalue weighted by molar-refractivity contribution is -0.114. The first kappa shape index (κ1) is 14.6. The molecule has 2 rings (SSSR count). The zero-order chi connectivity index (χ0) is 14.7. The van der Waals surface area contributed by atoms with E-state index in [9.17, 15) is 9.59 Å². The third-order valence-electron chi connectivity index (χ3n) is 2.64. The van der Waals surface area contributed by atoms with Gasteiger partial charge in [-0.1, -0.05) is 53.5 Å². The summed E-state index contributed by atoms with van der Waals surface area (Å²) in [5, 5.41) is 3.13. The quantitative estimate of drug-likeness (QED) is 0.865. The third-order valence-corrected chi connectivity index (χ3v) is 3.15. The lowest BCUT2D eigenvalue weighted by atomic mass is 10.0. The zero-order valence-electron chi connectivity index (χ0n) is 10.6. The number of rotatable bonds is 3. The Balaban J connectivity index is 2.55. The number of hydrogen-bond acceptors (Lipinski definition) is 2. The monoisotopic (exact) mass is 307 g/mol. The molecule has 0 saturated carbocycles. The molecule has 0 radical (unpaired) electrons. The Labute approximate surface area is 126 Å². The highest BCUT2D eigenvalue weighted by atomic mass is 35.5. The van der Waals surface area contributed by atoms with Gasteiger partial charge in [-0.15, -0.1) is 0 Å². The summed E-state index contributed by atoms with van der Waals surface area (Å²) < 4.78 is 0. The van der Waals surface area contributed by atoms with Crippen molar-refractivity contribution in [2.24, 2.45) is 0 Å². The van der Waals surface area contributed by atoms with Gasteiger partial charge in [-0.2, -0.15) is 0 Å². The highest BCUT2D eigenvalue weighted by molar-refractivity contribution is 6.38. The Morgan fingerprint density at radius 1 is 1.05 bits per heavy atom. The molecule has 0 aliphatic carbocycles. The first-order chi connectivity index (χ1) is 9.49. The van der Waals surface area contributed by atoms with Crippen molar-refractivity contribution in [3.8, 4) is 0 Å². The SMILES string of the molecule is CC(=O)Nc1c(Cl)cc(Cl)cc1C(=O)c1ccccc1. The molecular weight excluding hydrogens is 297 g/mol. The van der Waals surface area contributed by atoms with E-state index >= 15 is 0 Å². The second-order valence-corrected chi connectivity index (χ2v) is 5.03. The summed E-state index contributed by atoms with van der Waals surface area (Å²) in [6.45, 7) is 1.35. The predicted octanol–water partition coefficient (Wildman–Crippen LogP) is 4.18. The van der Waals surface area contributed by atoms with Crippen LogP contribution in [0.3, 0.4) is 0 Å². The van der Waals surface area contributed by atoms with Gasteiger partial charge in [0.2, 0.25) is 5.91 Å². The van der Waals surface area contributed by atoms with Crippen molar-refractivity contribution in [1.82, 2.24) is 0 Å². The topological polar surface area (TPSA) is 46.2 Å². The molecule has 0 atom stereocenters. The number of ketones is 1. The molecule has 0 bridgehead atoms. The first-order valence-corrected chi connectivity index (χ1v) is 6.61. The van der Waals surface area contributed by atoms with Crippen LogP contribution in [0, 0.1) is 0 Å². The third kappa shape index (κ3) is 3.18. The minimum Gasteiger partial charge on any atom is -0.324 e. The van der Waals surface area contributed by atoms with Crippen LogP contribution in [0.1, 0.15) is 22.8 Å². The van der Waals surface area contributed by atoms with Gasteiger partial charge in [0.25, 0.3) is 0 Å². The Morgan fingerprint density at radius 2 is 1.70 bits per heavy atom. The van der Waals surface area contributed by atoms with Gasteiger partial charge in [-0.05, 0) is 12.1 Å². The average Bonchev–Trinajstić information content (AvgIpc) is 2.41. The highest BCUT2D eigenvalue weighted by Crippen LogP contribution is 2.31. The van der Waals surface area contributed by atoms with Gasteiger partial charge in [0, 0.05) is 23.1 Å². The molecule has 0 unspecified atom stereocenters. The van der Waals surface area contributed by atoms with E-state index in [4.69, 9.17) is 23.2 Å². The van der Waals surface area contributed by atoms with E-state index in [0.717, 1.165) is 0 Å². The van der Waals surface area contributed by atoms with Crippen LogP contribution >= 0.6 is 23.2 Å². The summed E-state index contributed by atoms with van der Waals surface area (Å²) >= 11 is 12.0. The molecule has 1 amide bonds. The number of carbonyl (C=O) groups excluding carboxylic acids is 2. The summed E-state index contributed by atoms with van der Waals surface area (Å²) in [7, 11) is 0. The standard InChI is InChI=1S/C15H11Cl2NO2/c1-9(19)18-14-12(7-11(16)8-13(14)17)15(20)10-5-3-2-4-6-10/h2-8H,1H3,(H,18,19). The molecule has 0 fully saturated rings. The number of hydrogen-bond donors (Lipinski definition) is 1. The molecule has 20 heavy (non-hydrogen) atoms. The van der Waals surface area contributed by atoms with Crippen LogP contribution in [0.2, 0.25) is 10.0 Å². The molecule has 0 spiro atoms. The fourth-order valence-electron chi connectivity index (χ4n) is 1.80. The number of anilines is 1. The van der Waals surface area contributed by atoms with Crippen molar-refractivity contribution in [2.45, 2.75) is 6.92 Å². The Kier molecular flexibility index (Phi) is 4.42. The minimum atomic E-state index is -0.309. The van der Waals surface area contributed by atoms with Gasteiger partial charge in [-0.25, -0.2) is 0 Å². The van der Waals surface area contributed by atoms with Crippen LogP contribution in [0.5, 0.6) is 0 Å². The van der Waals surface area contributed by atoms with Gasteiger partial charge < -0.3 is 5.32 Å². The van der Waals surface area contributed by atoms with E-state index in [1.54, 1.807) is 24.3 Å². The van der Waals surface area contributed by atoms with Crippen LogP contribution in [-0.4, -0.2) is 11.7 Å². The van der Waals surface area contributed by atoms with E-state index in [0.29, 0.717) is 10.6 Å². The summed E-state index contributed by atoms with van der Waals surface area (Å²) in [5.74, 6) is -0.560. The smallest absolute Gasteiger partial charge is 0.221 e. The van der Waals surface area contributed by atoms with Crippen LogP contribution < -0.4 is 5.32 Å². The number of amides is 1. The Morgan fingerprint density at radius 3 is 2.30 bits per heavy atom. The molecule has 3 nitrogen and oxygen atoms in total. The highest BCUT2D eigenvalue weighted by Gasteiger charge is 2.18. The maximum atomic E-state index is 12.5. The first-order valence-electron chi connectivity index (χ1n) is 5.85. The van der Waals surface area contributed by atoms with E-state index in [-0.39, 0.29) is 28.0 Å². The van der Waals surface area contributed by atoms with Crippen molar-refractivity contribution in [2.75, 3.05) is 5.32 Å². The number of nitrogens with one attached hydrogen (secondary N) is 1. The fourth-order valence-corrected chi connectivity index (χ4v) is 2.34. The van der Waals surface area contributed by atoms with E-state index in [1.807, 2.05) is 6.07 Å². The summed E-state index contributed by atoms with van der Waals surface area (Å²) in [5.41, 5.74) is 1.04. The molecule has 0 heterocycles. The van der Waals surface area contributed by atoms with Crippen LogP contribution in [0.4, 0.5) is 5.69 Å². The molecule has 0 aromatic heterocycles. The Hall–Kier alpha value is -1.84. The molecule has 0 aliphatic rings. The summed E-state index contributed by atoms with van der Waals surface area (Å²) in [6.07, 6.45) is 0. The maximum absolute atomic E-state index is 12.5. The zero-order valence-corrected chi connectivity index (χ0v) is 12.1. The van der Waals surface area contributed by atoms with Crippen LogP contribution in [0.15, 0.2) is 42.5 Å². The molecule has 0 aliphatic heterocycles. The molecule has 5 heteroatoms. The molecule has 2 aromatic carbocycles. The van der Waals surface area contributed by atoms with Crippen molar-refractivity contribution < 1.29 is 9.59 Å². The molecule has 102 valence electrons. The minimum absolute atomic E-state index is 0.229. The lowest BCUT2D eigenvalue weighted by Gasteiger charge is -2.12. The number of carbonyl (C=O) groups is 2. The van der Waals surface area contributed by atoms with Crippen molar-refractivity contribution in [3.05, 3.63) is 63.6 Å². The summed E-state index contributed by atoms with van der Waals surface area (Å²) in [6, 6.07) is 11.7. The fraction of sp³-hybridized carbons (Fsp3) is 0.0667. The second-order valence-electron chi connectivity index (χ2n) is 4.19. The Bertz CT molecular complexity index is 669. The van der Waals surface area contributed by atoms with E-state index in [2.05, 4.69) is 5.32 Å². The van der Waals surface area contributed by atoms with Gasteiger partial charge in [-0.3, -0.25) is 9.59 Å². The van der Waals surface area contributed by atoms with Crippen LogP contribution in [0.25, 0.3) is 0 Å². The van der Waals surface area contributed by atoms with Gasteiger partial charge in [0.05, 0.1) is 10.7 Å². The summed E-state index contributed by atoms with van der Waals surface area (Å²) in [4.78, 5) is 23.7. The lowest BCUT2D eigenvalue weighted by Crippen LogP contribution is -2.12. The van der Waals surface area contributed by atoms with Gasteiger partial charge >= 0.3 is 0 Å². The van der Waals surface area contributed by atoms with E-state index < -0.39 is 0 Å². The number of halogens is 2. The van der Waals surface area contributed by atoms with Gasteiger partial charge in [0.15, 0.2) is 5.78 Å². The second kappa shape index (κ2) is 6.07. The van der Waals surface area contributed by atoms with Gasteiger partial charge in [0.1, 0.15) is 0 Å². The largest absolute Gasteiger partial charge is 0.324 e. The van der Waals surface area contributed by atoms with E-state index in [1.165, 1.54) is 19.1 Å².